The second-order valence-corrected chi connectivity index (χ2v) is 2.92. The van der Waals surface area contributed by atoms with Crippen LogP contribution in [0.1, 0.15) is 13.3 Å². The molecular weight excluding hydrogens is 208 g/mol. The van der Waals surface area contributed by atoms with Gasteiger partial charge in [0.05, 0.1) is 0 Å². The van der Waals surface area contributed by atoms with Gasteiger partial charge in [-0.15, -0.1) is 0 Å². The fourth-order valence-electron chi connectivity index (χ4n) is 1.07. The molecule has 0 amide bonds. The van der Waals surface area contributed by atoms with Gasteiger partial charge in [-0.1, -0.05) is 6.92 Å². The summed E-state index contributed by atoms with van der Waals surface area (Å²) >= 11 is 0. The van der Waals surface area contributed by atoms with Gasteiger partial charge in [-0.25, -0.2) is 9.59 Å². The van der Waals surface area contributed by atoms with Gasteiger partial charge in [-0.3, -0.25) is 0 Å². The van der Waals surface area contributed by atoms with Crippen LogP contribution in [0.25, 0.3) is 0 Å². The van der Waals surface area contributed by atoms with E-state index in [1.807, 2.05) is 0 Å². The average Bonchev–Trinajstić information content (AvgIpc) is 2.25. The van der Waals surface area contributed by atoms with E-state index in [2.05, 4.69) is 9.47 Å². The number of esters is 2. The lowest BCUT2D eigenvalue weighted by atomic mass is 10.1. The van der Waals surface area contributed by atoms with Gasteiger partial charge in [0.25, 0.3) is 0 Å². The molecule has 1 rings (SSSR count). The number of cyclic esters (lactones) is 2. The van der Waals surface area contributed by atoms with Crippen molar-refractivity contribution in [3.63, 3.8) is 0 Å². The van der Waals surface area contributed by atoms with Crippen molar-refractivity contribution in [2.45, 2.75) is 25.1 Å². The van der Waals surface area contributed by atoms with E-state index in [1.165, 1.54) is 6.92 Å². The zero-order valence-electron chi connectivity index (χ0n) is 7.84. The Morgan fingerprint density at radius 3 is 1.87 bits per heavy atom. The van der Waals surface area contributed by atoms with E-state index in [9.17, 15) is 9.59 Å². The molecule has 0 aromatic heterocycles. The van der Waals surface area contributed by atoms with Gasteiger partial charge in [-0.05, 0) is 0 Å². The van der Waals surface area contributed by atoms with Crippen LogP contribution in [0, 0.1) is 0 Å². The minimum atomic E-state index is -3.46. The van der Waals surface area contributed by atoms with Crippen LogP contribution in [-0.2, 0) is 19.1 Å². The summed E-state index contributed by atoms with van der Waals surface area (Å²) in [5.41, 5.74) is 0. The Labute approximate surface area is 84.5 Å². The predicted octanol–water partition coefficient (Wildman–Crippen LogP) is -1.62. The molecule has 0 aromatic carbocycles. The van der Waals surface area contributed by atoms with E-state index >= 15 is 0 Å². The van der Waals surface area contributed by atoms with Gasteiger partial charge in [0.1, 0.15) is 0 Å². The van der Waals surface area contributed by atoms with E-state index in [0.29, 0.717) is 0 Å². The highest BCUT2D eigenvalue weighted by molar-refractivity contribution is 5.93. The maximum atomic E-state index is 11.0. The van der Waals surface area contributed by atoms with Gasteiger partial charge in [0.2, 0.25) is 0 Å². The molecule has 0 atom stereocenters. The fourth-order valence-corrected chi connectivity index (χ4v) is 1.07. The molecule has 0 radical (unpaired) electrons. The monoisotopic (exact) mass is 218 g/mol. The van der Waals surface area contributed by atoms with Crippen LogP contribution >= 0.6 is 0 Å². The van der Waals surface area contributed by atoms with Crippen LogP contribution in [0.4, 0.5) is 0 Å². The average molecular weight is 218 g/mol. The third kappa shape index (κ3) is 2.14. The summed E-state index contributed by atoms with van der Waals surface area (Å²) in [6.07, 6.45) is 1.19. The number of carbonyl (C=O) groups excluding carboxylic acids is 2. The lowest BCUT2D eigenvalue weighted by Crippen LogP contribution is -2.58. The Morgan fingerprint density at radius 1 is 1.20 bits per heavy atom. The first-order valence-electron chi connectivity index (χ1n) is 4.12. The number of hydrogen-bond donors (Lipinski definition) is 3. The molecule has 1 heterocycles. The van der Waals surface area contributed by atoms with Crippen molar-refractivity contribution in [2.75, 3.05) is 0 Å². The molecule has 15 heavy (non-hydrogen) atoms. The molecule has 0 fully saturated rings. The molecule has 7 heteroatoms. The molecule has 3 N–H and O–H groups in total. The van der Waals surface area contributed by atoms with Gasteiger partial charge in [-0.2, -0.15) is 0 Å². The zero-order valence-corrected chi connectivity index (χ0v) is 7.84. The molecule has 0 spiro atoms. The van der Waals surface area contributed by atoms with Crippen molar-refractivity contribution in [1.82, 2.24) is 0 Å². The number of ether oxygens (including phenoxy) is 2. The highest BCUT2D eigenvalue weighted by Crippen LogP contribution is 2.29. The van der Waals surface area contributed by atoms with Crippen LogP contribution in [0.5, 0.6) is 0 Å². The minimum Gasteiger partial charge on any atom is -0.411 e. The quantitative estimate of drug-likeness (QED) is 0.377. The third-order valence-corrected chi connectivity index (χ3v) is 1.86. The van der Waals surface area contributed by atoms with E-state index in [0.717, 1.165) is 12.2 Å². The molecular formula is C8H10O7. The lowest BCUT2D eigenvalue weighted by Gasteiger charge is -2.35. The summed E-state index contributed by atoms with van der Waals surface area (Å²) in [6, 6.07) is 0. The second-order valence-electron chi connectivity index (χ2n) is 2.92. The molecule has 0 unspecified atom stereocenters. The molecule has 1 aliphatic rings. The number of hydrogen-bond acceptors (Lipinski definition) is 7. The van der Waals surface area contributed by atoms with Crippen LogP contribution < -0.4 is 0 Å². The molecule has 1 aliphatic heterocycles. The third-order valence-electron chi connectivity index (χ3n) is 1.86. The maximum absolute atomic E-state index is 11.0. The van der Waals surface area contributed by atoms with Crippen LogP contribution in [0.2, 0.25) is 0 Å². The Morgan fingerprint density at radius 2 is 1.60 bits per heavy atom. The van der Waals surface area contributed by atoms with Crippen LogP contribution in [0.15, 0.2) is 12.2 Å². The first-order valence-corrected chi connectivity index (χ1v) is 4.12. The number of carbonyl (C=O) groups is 2. The van der Waals surface area contributed by atoms with Crippen LogP contribution in [-0.4, -0.2) is 39.0 Å². The highest BCUT2D eigenvalue weighted by atomic mass is 16.8. The SMILES string of the molecule is CCC1(C(O)(O)O)OC(=O)C=CC(=O)O1. The summed E-state index contributed by atoms with van der Waals surface area (Å²) in [6.45, 7) is 1.34. The van der Waals surface area contributed by atoms with Gasteiger partial charge in [0, 0.05) is 18.6 Å². The van der Waals surface area contributed by atoms with Crippen molar-refractivity contribution >= 4 is 11.9 Å². The topological polar surface area (TPSA) is 113 Å². The van der Waals surface area contributed by atoms with E-state index in [-0.39, 0.29) is 6.42 Å². The Hall–Kier alpha value is -1.44. The smallest absolute Gasteiger partial charge is 0.357 e. The second kappa shape index (κ2) is 3.61. The van der Waals surface area contributed by atoms with E-state index in [1.54, 1.807) is 0 Å². The Kier molecular flexibility index (Phi) is 2.80. The van der Waals surface area contributed by atoms with Gasteiger partial charge >= 0.3 is 23.7 Å². The summed E-state index contributed by atoms with van der Waals surface area (Å²) in [5, 5.41) is 26.9. The molecule has 7 nitrogen and oxygen atoms in total. The summed E-state index contributed by atoms with van der Waals surface area (Å²) in [5.74, 6) is -8.02. The molecule has 0 saturated carbocycles. The Balaban J connectivity index is 3.10. The predicted molar refractivity (Wildman–Crippen MR) is 43.7 cm³/mol. The Bertz CT molecular complexity index is 291. The van der Waals surface area contributed by atoms with Crippen molar-refractivity contribution in [1.29, 1.82) is 0 Å². The molecule has 0 aliphatic carbocycles. The van der Waals surface area contributed by atoms with Gasteiger partial charge in [0.15, 0.2) is 0 Å². The first kappa shape index (κ1) is 11.6. The highest BCUT2D eigenvalue weighted by Gasteiger charge is 2.56. The first-order chi connectivity index (χ1) is 6.81. The number of rotatable bonds is 2. The van der Waals surface area contributed by atoms with E-state index < -0.39 is 23.7 Å². The van der Waals surface area contributed by atoms with Crippen molar-refractivity contribution in [3.05, 3.63) is 12.2 Å². The molecule has 84 valence electrons. The summed E-state index contributed by atoms with van der Waals surface area (Å²) in [7, 11) is 0. The maximum Gasteiger partial charge on any atom is 0.357 e. The van der Waals surface area contributed by atoms with Crippen molar-refractivity contribution < 1.29 is 34.4 Å². The lowest BCUT2D eigenvalue weighted by molar-refractivity contribution is -0.443. The van der Waals surface area contributed by atoms with E-state index in [4.69, 9.17) is 15.3 Å². The minimum absolute atomic E-state index is 0.324. The zero-order chi connectivity index (χ0) is 11.7. The molecule has 0 bridgehead atoms. The standard InChI is InChI=1S/C8H10O7/c1-2-7(8(11,12)13)14-5(9)3-4-6(10)15-7/h3-4,11-13H,2H2,1H3. The normalized spacial score (nSPS) is 20.5. The summed E-state index contributed by atoms with van der Waals surface area (Å²) in [4.78, 5) is 22.0. The summed E-state index contributed by atoms with van der Waals surface area (Å²) < 4.78 is 8.93. The van der Waals surface area contributed by atoms with Crippen molar-refractivity contribution in [2.24, 2.45) is 0 Å². The molecule has 0 saturated heterocycles. The number of aliphatic hydroxyl groups is 3. The fraction of sp³-hybridized carbons (Fsp3) is 0.500. The molecule has 0 aromatic rings. The van der Waals surface area contributed by atoms with Crippen LogP contribution in [0.3, 0.4) is 0 Å². The van der Waals surface area contributed by atoms with Gasteiger partial charge < -0.3 is 24.8 Å². The largest absolute Gasteiger partial charge is 0.411 e. The van der Waals surface area contributed by atoms with Crippen molar-refractivity contribution in [3.8, 4) is 0 Å².